The fraction of sp³-hybridized carbons (Fsp3) is 0.500. The lowest BCUT2D eigenvalue weighted by Gasteiger charge is -1.93. The van der Waals surface area contributed by atoms with Crippen LogP contribution in [-0.4, -0.2) is 7.18 Å². The zero-order valence-corrected chi connectivity index (χ0v) is 8.69. The molecule has 0 bridgehead atoms. The van der Waals surface area contributed by atoms with E-state index in [1.165, 1.54) is 11.1 Å². The molecule has 78 valence electrons. The van der Waals surface area contributed by atoms with Crippen LogP contribution in [0.4, 0.5) is 4.39 Å². The number of halogens is 1. The van der Waals surface area contributed by atoms with Crippen LogP contribution in [-0.2, 0) is 0 Å². The largest absolute Gasteiger partial charge is 0.255 e. The maximum Gasteiger partial charge on any atom is 0.0785 e. The molecule has 0 radical (unpaired) electrons. The van der Waals surface area contributed by atoms with Crippen LogP contribution in [0.3, 0.4) is 0 Å². The van der Waals surface area contributed by atoms with Gasteiger partial charge in [-0.2, -0.15) is 0 Å². The molecule has 0 aliphatic carbocycles. The second-order valence-electron chi connectivity index (χ2n) is 2.08. The predicted molar refractivity (Wildman–Crippen MR) is 61.0 cm³/mol. The number of hydrogen-bond acceptors (Lipinski definition) is 0. The molecule has 0 atom stereocenters. The van der Waals surface area contributed by atoms with Crippen molar-refractivity contribution >= 4 is 0 Å². The van der Waals surface area contributed by atoms with Gasteiger partial charge in [-0.05, 0) is 25.0 Å². The Morgan fingerprint density at radius 3 is 1.23 bits per heavy atom. The molecule has 0 aromatic heterocycles. The van der Waals surface area contributed by atoms with Crippen molar-refractivity contribution in [1.82, 2.24) is 0 Å². The topological polar surface area (TPSA) is 0 Å². The summed E-state index contributed by atoms with van der Waals surface area (Å²) in [4.78, 5) is 0. The van der Waals surface area contributed by atoms with E-state index >= 15 is 0 Å². The van der Waals surface area contributed by atoms with E-state index in [0.29, 0.717) is 7.18 Å². The SMILES string of the molecule is C.CC.CF.Cc1ccccc1C. The molecule has 13 heavy (non-hydrogen) atoms. The first-order chi connectivity index (χ1) is 5.80. The summed E-state index contributed by atoms with van der Waals surface area (Å²) >= 11 is 0. The third kappa shape index (κ3) is 9.06. The Morgan fingerprint density at radius 2 is 1.08 bits per heavy atom. The van der Waals surface area contributed by atoms with Crippen molar-refractivity contribution in [3.63, 3.8) is 0 Å². The van der Waals surface area contributed by atoms with E-state index in [4.69, 9.17) is 0 Å². The van der Waals surface area contributed by atoms with Gasteiger partial charge in [0.2, 0.25) is 0 Å². The first-order valence-electron chi connectivity index (χ1n) is 4.21. The molecule has 0 nitrogen and oxygen atoms in total. The molecule has 0 unspecified atom stereocenters. The van der Waals surface area contributed by atoms with Crippen LogP contribution in [0.1, 0.15) is 32.4 Å². The molecule has 1 rings (SSSR count). The molecular weight excluding hydrogens is 163 g/mol. The van der Waals surface area contributed by atoms with Gasteiger partial charge in [0.25, 0.3) is 0 Å². The van der Waals surface area contributed by atoms with Gasteiger partial charge in [0.05, 0.1) is 7.18 Å². The van der Waals surface area contributed by atoms with Crippen molar-refractivity contribution in [2.24, 2.45) is 0 Å². The number of hydrogen-bond donors (Lipinski definition) is 0. The molecule has 1 aromatic rings. The minimum Gasteiger partial charge on any atom is -0.255 e. The molecule has 0 aliphatic heterocycles. The molecule has 0 saturated carbocycles. The lowest BCUT2D eigenvalue weighted by Crippen LogP contribution is -1.74. The highest BCUT2D eigenvalue weighted by Crippen LogP contribution is 2.02. The molecule has 0 aliphatic rings. The van der Waals surface area contributed by atoms with E-state index in [2.05, 4.69) is 38.1 Å². The van der Waals surface area contributed by atoms with Gasteiger partial charge in [0.1, 0.15) is 0 Å². The summed E-state index contributed by atoms with van der Waals surface area (Å²) in [6.45, 7) is 8.24. The van der Waals surface area contributed by atoms with Gasteiger partial charge in [-0.25, -0.2) is 0 Å². The maximum atomic E-state index is 9.50. The molecular formula is C12H23F. The molecule has 0 fully saturated rings. The average molecular weight is 186 g/mol. The third-order valence-corrected chi connectivity index (χ3v) is 1.43. The Kier molecular flexibility index (Phi) is 19.0. The summed E-state index contributed by atoms with van der Waals surface area (Å²) in [6, 6.07) is 8.36. The molecule has 0 amide bonds. The molecule has 0 saturated heterocycles. The fourth-order valence-corrected chi connectivity index (χ4v) is 0.663. The van der Waals surface area contributed by atoms with Gasteiger partial charge < -0.3 is 0 Å². The number of rotatable bonds is 0. The van der Waals surface area contributed by atoms with Crippen LogP contribution in [0.25, 0.3) is 0 Å². The lowest BCUT2D eigenvalue weighted by molar-refractivity contribution is 0.636. The highest BCUT2D eigenvalue weighted by Gasteiger charge is 1.83. The molecule has 0 heterocycles. The predicted octanol–water partition coefficient (Wildman–Crippen LogP) is 4.55. The van der Waals surface area contributed by atoms with Crippen molar-refractivity contribution in [2.45, 2.75) is 35.1 Å². The second kappa shape index (κ2) is 13.7. The zero-order valence-electron chi connectivity index (χ0n) is 8.69. The van der Waals surface area contributed by atoms with E-state index in [1.807, 2.05) is 13.8 Å². The van der Waals surface area contributed by atoms with Crippen molar-refractivity contribution in [3.8, 4) is 0 Å². The standard InChI is InChI=1S/C8H10.C2H6.CH3F.CH4/c1-7-5-3-4-6-8(7)2;2*1-2;/h3-6H,1-2H3;1-2H3;1H3;1H4. The molecule has 1 aromatic carbocycles. The van der Waals surface area contributed by atoms with Gasteiger partial charge in [-0.15, -0.1) is 0 Å². The van der Waals surface area contributed by atoms with Crippen molar-refractivity contribution in [1.29, 1.82) is 0 Å². The highest BCUT2D eigenvalue weighted by atomic mass is 19.1. The third-order valence-electron chi connectivity index (χ3n) is 1.43. The van der Waals surface area contributed by atoms with Gasteiger partial charge >= 0.3 is 0 Å². The van der Waals surface area contributed by atoms with E-state index in [-0.39, 0.29) is 7.43 Å². The number of alkyl halides is 1. The first-order valence-corrected chi connectivity index (χ1v) is 4.21. The summed E-state index contributed by atoms with van der Waals surface area (Å²) in [5.41, 5.74) is 2.74. The van der Waals surface area contributed by atoms with Gasteiger partial charge in [-0.1, -0.05) is 45.5 Å². The van der Waals surface area contributed by atoms with Crippen LogP contribution in [0.5, 0.6) is 0 Å². The Morgan fingerprint density at radius 1 is 0.846 bits per heavy atom. The summed E-state index contributed by atoms with van der Waals surface area (Å²) in [5.74, 6) is 0. The van der Waals surface area contributed by atoms with Crippen molar-refractivity contribution in [2.75, 3.05) is 7.18 Å². The Hall–Kier alpha value is -0.850. The van der Waals surface area contributed by atoms with E-state index in [1.54, 1.807) is 0 Å². The summed E-state index contributed by atoms with van der Waals surface area (Å²) < 4.78 is 9.50. The van der Waals surface area contributed by atoms with Gasteiger partial charge in [0.15, 0.2) is 0 Å². The van der Waals surface area contributed by atoms with Crippen LogP contribution in [0.2, 0.25) is 0 Å². The van der Waals surface area contributed by atoms with Crippen LogP contribution < -0.4 is 0 Å². The van der Waals surface area contributed by atoms with Crippen molar-refractivity contribution < 1.29 is 4.39 Å². The summed E-state index contributed by atoms with van der Waals surface area (Å²) in [6.07, 6.45) is 0. The average Bonchev–Trinajstić information content (AvgIpc) is 2.17. The maximum absolute atomic E-state index is 9.50. The summed E-state index contributed by atoms with van der Waals surface area (Å²) in [7, 11) is 0.500. The normalized spacial score (nSPS) is 6.62. The minimum atomic E-state index is 0. The van der Waals surface area contributed by atoms with E-state index < -0.39 is 0 Å². The fourth-order valence-electron chi connectivity index (χ4n) is 0.663. The van der Waals surface area contributed by atoms with Crippen LogP contribution >= 0.6 is 0 Å². The van der Waals surface area contributed by atoms with Crippen LogP contribution in [0, 0.1) is 13.8 Å². The Labute approximate surface area is 82.8 Å². The van der Waals surface area contributed by atoms with Gasteiger partial charge in [0, 0.05) is 0 Å². The molecule has 0 spiro atoms. The Bertz CT molecular complexity index is 161. The number of aryl methyl sites for hydroxylation is 2. The summed E-state index contributed by atoms with van der Waals surface area (Å²) in [5, 5.41) is 0. The van der Waals surface area contributed by atoms with E-state index in [0.717, 1.165) is 0 Å². The lowest BCUT2D eigenvalue weighted by atomic mass is 10.1. The second-order valence-corrected chi connectivity index (χ2v) is 2.08. The van der Waals surface area contributed by atoms with Gasteiger partial charge in [-0.3, -0.25) is 4.39 Å². The monoisotopic (exact) mass is 186 g/mol. The Balaban J connectivity index is -0.000000178. The highest BCUT2D eigenvalue weighted by molar-refractivity contribution is 5.23. The molecule has 1 heteroatoms. The zero-order chi connectivity index (χ0) is 9.98. The quantitative estimate of drug-likeness (QED) is 0.557. The number of benzene rings is 1. The smallest absolute Gasteiger partial charge is 0.0785 e. The first kappa shape index (κ1) is 18.0. The van der Waals surface area contributed by atoms with Crippen molar-refractivity contribution in [3.05, 3.63) is 35.4 Å². The minimum absolute atomic E-state index is 0. The van der Waals surface area contributed by atoms with E-state index in [9.17, 15) is 4.39 Å². The molecule has 0 N–H and O–H groups in total. The van der Waals surface area contributed by atoms with Crippen LogP contribution in [0.15, 0.2) is 24.3 Å².